The van der Waals surface area contributed by atoms with Crippen LogP contribution < -0.4 is 0 Å². The third kappa shape index (κ3) is 1.44. The second-order valence-corrected chi connectivity index (χ2v) is 3.85. The lowest BCUT2D eigenvalue weighted by Gasteiger charge is -2.05. The van der Waals surface area contributed by atoms with Gasteiger partial charge < -0.3 is 5.11 Å². The van der Waals surface area contributed by atoms with E-state index in [-0.39, 0.29) is 0 Å². The maximum absolute atomic E-state index is 11.2. The van der Waals surface area contributed by atoms with E-state index in [4.69, 9.17) is 0 Å². The number of carboxylic acid groups (broad SMARTS) is 1. The SMILES string of the molecule is O=C(O)c1cccc2cnc3ccccc3c12. The lowest BCUT2D eigenvalue weighted by Crippen LogP contribution is -1.98. The van der Waals surface area contributed by atoms with Crippen molar-refractivity contribution in [2.45, 2.75) is 0 Å². The lowest BCUT2D eigenvalue weighted by molar-refractivity contribution is 0.0699. The van der Waals surface area contributed by atoms with E-state index in [0.717, 1.165) is 21.7 Å². The van der Waals surface area contributed by atoms with E-state index >= 15 is 0 Å². The molecule has 0 bridgehead atoms. The molecule has 1 N–H and O–H groups in total. The maximum atomic E-state index is 11.2. The van der Waals surface area contributed by atoms with Gasteiger partial charge >= 0.3 is 5.97 Å². The van der Waals surface area contributed by atoms with Crippen LogP contribution in [0.5, 0.6) is 0 Å². The summed E-state index contributed by atoms with van der Waals surface area (Å²) in [4.78, 5) is 15.6. The zero-order valence-electron chi connectivity index (χ0n) is 8.92. The number of hydrogen-bond acceptors (Lipinski definition) is 2. The van der Waals surface area contributed by atoms with E-state index in [1.807, 2.05) is 30.3 Å². The summed E-state index contributed by atoms with van der Waals surface area (Å²) in [6.45, 7) is 0. The second kappa shape index (κ2) is 3.56. The van der Waals surface area contributed by atoms with Gasteiger partial charge in [0, 0.05) is 22.4 Å². The number of carboxylic acids is 1. The van der Waals surface area contributed by atoms with Gasteiger partial charge in [-0.15, -0.1) is 0 Å². The Morgan fingerprint density at radius 3 is 2.71 bits per heavy atom. The highest BCUT2D eigenvalue weighted by molar-refractivity contribution is 6.14. The molecule has 0 unspecified atom stereocenters. The summed E-state index contributed by atoms with van der Waals surface area (Å²) in [6, 6.07) is 12.8. The van der Waals surface area contributed by atoms with Crippen molar-refractivity contribution in [3.8, 4) is 0 Å². The van der Waals surface area contributed by atoms with Gasteiger partial charge in [-0.05, 0) is 12.1 Å². The van der Waals surface area contributed by atoms with Crippen LogP contribution in [-0.4, -0.2) is 16.1 Å². The first-order chi connectivity index (χ1) is 8.27. The van der Waals surface area contributed by atoms with Crippen LogP contribution in [-0.2, 0) is 0 Å². The number of rotatable bonds is 1. The Labute approximate surface area is 97.3 Å². The van der Waals surface area contributed by atoms with E-state index in [1.54, 1.807) is 18.3 Å². The molecule has 2 aromatic carbocycles. The molecule has 0 atom stereocenters. The van der Waals surface area contributed by atoms with Crippen molar-refractivity contribution in [2.75, 3.05) is 0 Å². The topological polar surface area (TPSA) is 50.2 Å². The van der Waals surface area contributed by atoms with Gasteiger partial charge in [0.15, 0.2) is 0 Å². The fourth-order valence-corrected chi connectivity index (χ4v) is 2.09. The first-order valence-corrected chi connectivity index (χ1v) is 5.27. The van der Waals surface area contributed by atoms with Crippen molar-refractivity contribution >= 4 is 27.6 Å². The molecular formula is C14H9NO2. The van der Waals surface area contributed by atoms with Gasteiger partial charge in [-0.1, -0.05) is 30.3 Å². The largest absolute Gasteiger partial charge is 0.478 e. The Hall–Kier alpha value is -2.42. The maximum Gasteiger partial charge on any atom is 0.336 e. The van der Waals surface area contributed by atoms with Crippen molar-refractivity contribution in [1.29, 1.82) is 0 Å². The monoisotopic (exact) mass is 223 g/mol. The van der Waals surface area contributed by atoms with Gasteiger partial charge in [-0.3, -0.25) is 4.98 Å². The molecular weight excluding hydrogens is 214 g/mol. The van der Waals surface area contributed by atoms with Crippen LogP contribution >= 0.6 is 0 Å². The van der Waals surface area contributed by atoms with Gasteiger partial charge in [0.05, 0.1) is 11.1 Å². The number of fused-ring (bicyclic) bond motifs is 3. The third-order valence-electron chi connectivity index (χ3n) is 2.84. The zero-order chi connectivity index (χ0) is 11.8. The second-order valence-electron chi connectivity index (χ2n) is 3.85. The number of nitrogens with zero attached hydrogens (tertiary/aromatic N) is 1. The fraction of sp³-hybridized carbons (Fsp3) is 0. The molecule has 0 amide bonds. The quantitative estimate of drug-likeness (QED) is 0.645. The molecule has 1 aromatic heterocycles. The molecule has 0 radical (unpaired) electrons. The van der Waals surface area contributed by atoms with Crippen LogP contribution in [0.15, 0.2) is 48.7 Å². The fourth-order valence-electron chi connectivity index (χ4n) is 2.09. The number of aromatic carboxylic acids is 1. The first-order valence-electron chi connectivity index (χ1n) is 5.27. The molecule has 3 heteroatoms. The van der Waals surface area contributed by atoms with E-state index in [2.05, 4.69) is 4.98 Å². The highest BCUT2D eigenvalue weighted by Crippen LogP contribution is 2.26. The number of carbonyl (C=O) groups is 1. The van der Waals surface area contributed by atoms with Crippen LogP contribution in [0.2, 0.25) is 0 Å². The summed E-state index contributed by atoms with van der Waals surface area (Å²) in [6.07, 6.45) is 1.71. The Balaban J connectivity index is 2.59. The number of pyridine rings is 1. The summed E-state index contributed by atoms with van der Waals surface area (Å²) in [5, 5.41) is 11.7. The average molecular weight is 223 g/mol. The van der Waals surface area contributed by atoms with Crippen LogP contribution in [0, 0.1) is 0 Å². The van der Waals surface area contributed by atoms with Crippen molar-refractivity contribution in [3.05, 3.63) is 54.2 Å². The van der Waals surface area contributed by atoms with Gasteiger partial charge in [-0.2, -0.15) is 0 Å². The van der Waals surface area contributed by atoms with Gasteiger partial charge in [0.2, 0.25) is 0 Å². The summed E-state index contributed by atoms with van der Waals surface area (Å²) in [5.74, 6) is -0.910. The molecule has 3 rings (SSSR count). The number of hydrogen-bond donors (Lipinski definition) is 1. The lowest BCUT2D eigenvalue weighted by atomic mass is 10.0. The van der Waals surface area contributed by atoms with E-state index in [9.17, 15) is 9.90 Å². The molecule has 0 saturated carbocycles. The summed E-state index contributed by atoms with van der Waals surface area (Å²) in [7, 11) is 0. The average Bonchev–Trinajstić information content (AvgIpc) is 2.37. The van der Waals surface area contributed by atoms with Crippen molar-refractivity contribution in [1.82, 2.24) is 4.98 Å². The van der Waals surface area contributed by atoms with Crippen molar-refractivity contribution < 1.29 is 9.90 Å². The summed E-state index contributed by atoms with van der Waals surface area (Å²) >= 11 is 0. The van der Waals surface area contributed by atoms with Gasteiger partial charge in [-0.25, -0.2) is 4.79 Å². The molecule has 0 saturated heterocycles. The number of benzene rings is 2. The standard InChI is InChI=1S/C14H9NO2/c16-14(17)11-6-3-4-9-8-15-12-7-2-1-5-10(12)13(9)11/h1-8H,(H,16,17). The minimum atomic E-state index is -0.910. The Morgan fingerprint density at radius 2 is 1.88 bits per heavy atom. The molecule has 82 valence electrons. The Morgan fingerprint density at radius 1 is 1.06 bits per heavy atom. The van der Waals surface area contributed by atoms with Crippen LogP contribution in [0.25, 0.3) is 21.7 Å². The number of aromatic nitrogens is 1. The predicted octanol–water partition coefficient (Wildman–Crippen LogP) is 3.09. The Bertz CT molecular complexity index is 734. The zero-order valence-corrected chi connectivity index (χ0v) is 8.92. The number of para-hydroxylation sites is 1. The van der Waals surface area contributed by atoms with E-state index in [0.29, 0.717) is 5.56 Å². The molecule has 0 aliphatic carbocycles. The van der Waals surface area contributed by atoms with Crippen molar-refractivity contribution in [3.63, 3.8) is 0 Å². The first kappa shape index (κ1) is 9.78. The van der Waals surface area contributed by atoms with Crippen LogP contribution in [0.4, 0.5) is 0 Å². The predicted molar refractivity (Wildman–Crippen MR) is 66.2 cm³/mol. The molecule has 17 heavy (non-hydrogen) atoms. The van der Waals surface area contributed by atoms with Crippen molar-refractivity contribution in [2.24, 2.45) is 0 Å². The molecule has 0 fully saturated rings. The summed E-state index contributed by atoms with van der Waals surface area (Å²) in [5.41, 5.74) is 1.13. The molecule has 0 aliphatic heterocycles. The van der Waals surface area contributed by atoms with Crippen LogP contribution in [0.1, 0.15) is 10.4 Å². The third-order valence-corrected chi connectivity index (χ3v) is 2.84. The molecule has 1 heterocycles. The molecule has 0 aliphatic rings. The molecule has 0 spiro atoms. The van der Waals surface area contributed by atoms with E-state index in [1.165, 1.54) is 0 Å². The highest BCUT2D eigenvalue weighted by Gasteiger charge is 2.10. The molecule has 3 nitrogen and oxygen atoms in total. The molecule has 3 aromatic rings. The van der Waals surface area contributed by atoms with E-state index < -0.39 is 5.97 Å². The van der Waals surface area contributed by atoms with Crippen LogP contribution in [0.3, 0.4) is 0 Å². The normalized spacial score (nSPS) is 10.8. The van der Waals surface area contributed by atoms with Gasteiger partial charge in [0.25, 0.3) is 0 Å². The minimum absolute atomic E-state index is 0.320. The smallest absolute Gasteiger partial charge is 0.336 e. The van der Waals surface area contributed by atoms with Gasteiger partial charge in [0.1, 0.15) is 0 Å². The summed E-state index contributed by atoms with van der Waals surface area (Å²) < 4.78 is 0. The minimum Gasteiger partial charge on any atom is -0.478 e. The highest BCUT2D eigenvalue weighted by atomic mass is 16.4. The Kier molecular flexibility index (Phi) is 2.05.